The molecule has 1 aliphatic heterocycles. The highest BCUT2D eigenvalue weighted by atomic mass is 16.5. The van der Waals surface area contributed by atoms with Crippen LogP contribution in [0.2, 0.25) is 0 Å². The number of phenols is 1. The van der Waals surface area contributed by atoms with Crippen LogP contribution in [0.3, 0.4) is 0 Å². The highest BCUT2D eigenvalue weighted by Crippen LogP contribution is 2.30. The van der Waals surface area contributed by atoms with Gasteiger partial charge in [0.1, 0.15) is 6.10 Å². The van der Waals surface area contributed by atoms with Crippen LogP contribution in [0.4, 0.5) is 0 Å². The zero-order valence-electron chi connectivity index (χ0n) is 21.8. The Hall–Kier alpha value is -3.87. The Bertz CT molecular complexity index is 1160. The summed E-state index contributed by atoms with van der Waals surface area (Å²) in [6, 6.07) is 25.9. The number of allylic oxidation sites excluding steroid dienone is 2. The number of piperidine rings is 1. The Morgan fingerprint density at radius 3 is 2.29 bits per heavy atom. The summed E-state index contributed by atoms with van der Waals surface area (Å²) in [4.78, 5) is 14.5. The predicted octanol–water partition coefficient (Wildman–Crippen LogP) is 5.36. The van der Waals surface area contributed by atoms with Gasteiger partial charge >= 0.3 is 0 Å². The van der Waals surface area contributed by atoms with E-state index >= 15 is 0 Å². The van der Waals surface area contributed by atoms with Gasteiger partial charge in [-0.2, -0.15) is 0 Å². The van der Waals surface area contributed by atoms with Crippen molar-refractivity contribution in [2.45, 2.75) is 25.0 Å². The first-order valence-electron chi connectivity index (χ1n) is 13.1. The lowest BCUT2D eigenvalue weighted by Crippen LogP contribution is -2.41. The highest BCUT2D eigenvalue weighted by molar-refractivity contribution is 5.87. The smallest absolute Gasteiger partial charge is 0.244 e. The molecule has 198 valence electrons. The van der Waals surface area contributed by atoms with E-state index in [-0.39, 0.29) is 23.9 Å². The van der Waals surface area contributed by atoms with Crippen molar-refractivity contribution >= 4 is 12.0 Å². The maximum absolute atomic E-state index is 12.2. The number of carbonyl (C=O) groups is 1. The van der Waals surface area contributed by atoms with Crippen LogP contribution in [-0.4, -0.2) is 55.3 Å². The van der Waals surface area contributed by atoms with Crippen LogP contribution >= 0.6 is 0 Å². The SMILES string of the molecule is COc1cc(/C=C/C=C/C(=O)NCCN2CCC(OC(c3ccccc3)c3ccccc3)CC2)ccc1O. The molecule has 1 aliphatic rings. The molecule has 4 rings (SSSR count). The number of hydrogen-bond donors (Lipinski definition) is 2. The first-order chi connectivity index (χ1) is 18.6. The van der Waals surface area contributed by atoms with Crippen molar-refractivity contribution in [1.82, 2.24) is 10.2 Å². The van der Waals surface area contributed by atoms with Crippen molar-refractivity contribution in [2.24, 2.45) is 0 Å². The van der Waals surface area contributed by atoms with E-state index in [0.717, 1.165) is 38.0 Å². The monoisotopic (exact) mass is 512 g/mol. The van der Waals surface area contributed by atoms with Crippen LogP contribution in [0, 0.1) is 0 Å². The lowest BCUT2D eigenvalue weighted by Gasteiger charge is -2.34. The molecule has 0 aromatic heterocycles. The molecule has 0 saturated carbocycles. The molecule has 6 heteroatoms. The van der Waals surface area contributed by atoms with E-state index in [0.29, 0.717) is 12.3 Å². The summed E-state index contributed by atoms with van der Waals surface area (Å²) in [5.41, 5.74) is 3.22. The Labute approximate surface area is 225 Å². The average Bonchev–Trinajstić information content (AvgIpc) is 2.96. The Balaban J connectivity index is 1.18. The highest BCUT2D eigenvalue weighted by Gasteiger charge is 2.24. The number of likely N-dealkylation sites (tertiary alicyclic amines) is 1. The third-order valence-corrected chi connectivity index (χ3v) is 6.65. The van der Waals surface area contributed by atoms with E-state index in [1.807, 2.05) is 18.2 Å². The van der Waals surface area contributed by atoms with Crippen molar-refractivity contribution in [3.8, 4) is 11.5 Å². The normalized spacial score (nSPS) is 14.9. The predicted molar refractivity (Wildman–Crippen MR) is 151 cm³/mol. The lowest BCUT2D eigenvalue weighted by molar-refractivity contribution is -0.116. The second-order valence-corrected chi connectivity index (χ2v) is 9.32. The van der Waals surface area contributed by atoms with Gasteiger partial charge in [0.2, 0.25) is 5.91 Å². The number of nitrogens with zero attached hydrogens (tertiary/aromatic N) is 1. The minimum absolute atomic E-state index is 0.0647. The molecule has 3 aromatic rings. The molecule has 38 heavy (non-hydrogen) atoms. The topological polar surface area (TPSA) is 71.0 Å². The zero-order chi connectivity index (χ0) is 26.6. The van der Waals surface area contributed by atoms with Crippen LogP contribution in [-0.2, 0) is 9.53 Å². The van der Waals surface area contributed by atoms with E-state index in [1.54, 1.807) is 30.4 Å². The molecule has 1 amide bonds. The third-order valence-electron chi connectivity index (χ3n) is 6.65. The molecule has 0 spiro atoms. The van der Waals surface area contributed by atoms with Crippen molar-refractivity contribution in [3.63, 3.8) is 0 Å². The molecule has 0 atom stereocenters. The molecule has 3 aromatic carbocycles. The molecular formula is C32H36N2O4. The fourth-order valence-electron chi connectivity index (χ4n) is 4.57. The molecule has 1 saturated heterocycles. The molecule has 0 bridgehead atoms. The second kappa shape index (κ2) is 14.2. The zero-order valence-corrected chi connectivity index (χ0v) is 21.8. The Morgan fingerprint density at radius 1 is 1.00 bits per heavy atom. The first kappa shape index (κ1) is 27.2. The number of nitrogens with one attached hydrogen (secondary N) is 1. The number of methoxy groups -OCH3 is 1. The number of hydrogen-bond acceptors (Lipinski definition) is 5. The minimum Gasteiger partial charge on any atom is -0.504 e. The fourth-order valence-corrected chi connectivity index (χ4v) is 4.57. The van der Waals surface area contributed by atoms with Gasteiger partial charge in [0, 0.05) is 32.3 Å². The van der Waals surface area contributed by atoms with Gasteiger partial charge in [-0.3, -0.25) is 4.79 Å². The molecule has 1 heterocycles. The van der Waals surface area contributed by atoms with Gasteiger partial charge < -0.3 is 24.8 Å². The van der Waals surface area contributed by atoms with Crippen LogP contribution in [0.1, 0.15) is 35.6 Å². The van der Waals surface area contributed by atoms with Gasteiger partial charge in [0.25, 0.3) is 0 Å². The number of aromatic hydroxyl groups is 1. The third kappa shape index (κ3) is 8.07. The van der Waals surface area contributed by atoms with Crippen LogP contribution in [0.5, 0.6) is 11.5 Å². The quantitative estimate of drug-likeness (QED) is 0.268. The van der Waals surface area contributed by atoms with Gasteiger partial charge in [0.15, 0.2) is 11.5 Å². The van der Waals surface area contributed by atoms with E-state index in [2.05, 4.69) is 58.7 Å². The van der Waals surface area contributed by atoms with Crippen molar-refractivity contribution < 1.29 is 19.4 Å². The summed E-state index contributed by atoms with van der Waals surface area (Å²) in [6.45, 7) is 3.32. The van der Waals surface area contributed by atoms with Gasteiger partial charge in [0.05, 0.1) is 13.2 Å². The number of carbonyl (C=O) groups excluding carboxylic acids is 1. The van der Waals surface area contributed by atoms with Crippen molar-refractivity contribution in [2.75, 3.05) is 33.3 Å². The fraction of sp³-hybridized carbons (Fsp3) is 0.281. The summed E-state index contributed by atoms with van der Waals surface area (Å²) < 4.78 is 11.7. The van der Waals surface area contributed by atoms with Crippen LogP contribution in [0.25, 0.3) is 6.08 Å². The molecule has 6 nitrogen and oxygen atoms in total. The molecule has 0 unspecified atom stereocenters. The number of benzene rings is 3. The maximum Gasteiger partial charge on any atom is 0.244 e. The van der Waals surface area contributed by atoms with E-state index in [1.165, 1.54) is 24.3 Å². The van der Waals surface area contributed by atoms with Crippen molar-refractivity contribution in [1.29, 1.82) is 0 Å². The number of amides is 1. The summed E-state index contributed by atoms with van der Waals surface area (Å²) in [6.07, 6.45) is 8.93. The largest absolute Gasteiger partial charge is 0.504 e. The summed E-state index contributed by atoms with van der Waals surface area (Å²) in [5.74, 6) is 0.390. The number of phenolic OH excluding ortho intramolecular Hbond substituents is 1. The number of rotatable bonds is 11. The maximum atomic E-state index is 12.2. The van der Waals surface area contributed by atoms with Crippen LogP contribution in [0.15, 0.2) is 97.1 Å². The molecular weight excluding hydrogens is 476 g/mol. The van der Waals surface area contributed by atoms with Gasteiger partial charge in [-0.15, -0.1) is 0 Å². The number of ether oxygens (including phenoxy) is 2. The lowest BCUT2D eigenvalue weighted by atomic mass is 10.00. The molecule has 0 radical (unpaired) electrons. The minimum atomic E-state index is -0.121. The summed E-state index contributed by atoms with van der Waals surface area (Å²) >= 11 is 0. The Morgan fingerprint density at radius 2 is 1.66 bits per heavy atom. The molecule has 1 fully saturated rings. The van der Waals surface area contributed by atoms with E-state index < -0.39 is 0 Å². The standard InChI is InChI=1S/C32H36N2O4/c1-37-30-24-25(16-17-29(30)35)10-8-9-15-31(36)33-20-23-34-21-18-28(19-22-34)38-32(26-11-4-2-5-12-26)27-13-6-3-7-14-27/h2-17,24,28,32,35H,18-23H2,1H3,(H,33,36)/b10-8+,15-9+. The van der Waals surface area contributed by atoms with Gasteiger partial charge in [-0.05, 0) is 41.7 Å². The van der Waals surface area contributed by atoms with Crippen molar-refractivity contribution in [3.05, 3.63) is 114 Å². The summed E-state index contributed by atoms with van der Waals surface area (Å²) in [7, 11) is 1.51. The summed E-state index contributed by atoms with van der Waals surface area (Å²) in [5, 5.41) is 12.6. The van der Waals surface area contributed by atoms with Gasteiger partial charge in [-0.25, -0.2) is 0 Å². The second-order valence-electron chi connectivity index (χ2n) is 9.32. The molecule has 2 N–H and O–H groups in total. The van der Waals surface area contributed by atoms with E-state index in [9.17, 15) is 9.90 Å². The first-order valence-corrected chi connectivity index (χ1v) is 13.1. The van der Waals surface area contributed by atoms with E-state index in [4.69, 9.17) is 9.47 Å². The van der Waals surface area contributed by atoms with Gasteiger partial charge in [-0.1, -0.05) is 85.0 Å². The average molecular weight is 513 g/mol. The van der Waals surface area contributed by atoms with Crippen LogP contribution < -0.4 is 10.1 Å². The molecule has 0 aliphatic carbocycles. The Kier molecular flexibility index (Phi) is 10.1.